The van der Waals surface area contributed by atoms with E-state index in [-0.39, 0.29) is 30.6 Å². The van der Waals surface area contributed by atoms with Crippen LogP contribution in [0.2, 0.25) is 0 Å². The largest absolute Gasteiger partial charge is 0.469 e. The number of methoxy groups -OCH3 is 1. The van der Waals surface area contributed by atoms with E-state index in [4.69, 9.17) is 4.74 Å². The van der Waals surface area contributed by atoms with Crippen LogP contribution in [0, 0.1) is 0 Å². The van der Waals surface area contributed by atoms with Gasteiger partial charge in [0, 0.05) is 20.0 Å². The van der Waals surface area contributed by atoms with E-state index in [1.54, 1.807) is 24.3 Å². The minimum absolute atomic E-state index is 0.0722. The Bertz CT molecular complexity index is 1050. The minimum Gasteiger partial charge on any atom is -0.469 e. The minimum atomic E-state index is -4.71. The predicted molar refractivity (Wildman–Crippen MR) is 107 cm³/mol. The van der Waals surface area contributed by atoms with E-state index in [9.17, 15) is 26.4 Å². The molecule has 10 heteroatoms. The lowest BCUT2D eigenvalue weighted by Crippen LogP contribution is -2.30. The van der Waals surface area contributed by atoms with E-state index in [2.05, 4.69) is 4.74 Å². The van der Waals surface area contributed by atoms with Gasteiger partial charge in [-0.1, -0.05) is 24.3 Å². The molecular weight excluding hydrogens is 435 g/mol. The number of aryl methyl sites for hydroxylation is 1. The van der Waals surface area contributed by atoms with E-state index < -0.39 is 26.7 Å². The van der Waals surface area contributed by atoms with Gasteiger partial charge in [0.25, 0.3) is 0 Å². The number of sulfonamides is 1. The second kappa shape index (κ2) is 8.97. The monoisotopic (exact) mass is 457 g/mol. The molecule has 0 bridgehead atoms. The highest BCUT2D eigenvalue weighted by Crippen LogP contribution is 2.35. The Labute approximate surface area is 178 Å². The Morgan fingerprint density at radius 3 is 2.35 bits per heavy atom. The lowest BCUT2D eigenvalue weighted by Gasteiger charge is -2.18. The van der Waals surface area contributed by atoms with E-state index >= 15 is 0 Å². The third kappa shape index (κ3) is 5.84. The lowest BCUT2D eigenvalue weighted by molar-refractivity contribution is -0.140. The van der Waals surface area contributed by atoms with Crippen LogP contribution in [0.1, 0.15) is 17.5 Å². The summed E-state index contributed by atoms with van der Waals surface area (Å²) >= 11 is 0. The molecule has 31 heavy (non-hydrogen) atoms. The van der Waals surface area contributed by atoms with Gasteiger partial charge in [-0.2, -0.15) is 17.5 Å². The Balaban J connectivity index is 1.94. The predicted octanol–water partition coefficient (Wildman–Crippen LogP) is 3.50. The molecule has 0 aromatic heterocycles. The van der Waals surface area contributed by atoms with Crippen molar-refractivity contribution in [3.8, 4) is 11.1 Å². The molecule has 1 heterocycles. The molecule has 2 aromatic rings. The van der Waals surface area contributed by atoms with Gasteiger partial charge in [-0.05, 0) is 41.3 Å². The van der Waals surface area contributed by atoms with Gasteiger partial charge in [0.15, 0.2) is 0 Å². The number of epoxide rings is 1. The van der Waals surface area contributed by atoms with Gasteiger partial charge in [-0.3, -0.25) is 4.79 Å². The number of rotatable bonds is 8. The van der Waals surface area contributed by atoms with Crippen molar-refractivity contribution in [2.24, 2.45) is 0 Å². The summed E-state index contributed by atoms with van der Waals surface area (Å²) in [5.41, 5.74) is 0.314. The Hall–Kier alpha value is -2.43. The maximum absolute atomic E-state index is 13.5. The van der Waals surface area contributed by atoms with Crippen molar-refractivity contribution in [2.45, 2.75) is 30.0 Å². The number of halogens is 3. The summed E-state index contributed by atoms with van der Waals surface area (Å²) < 4.78 is 76.7. The fourth-order valence-electron chi connectivity index (χ4n) is 3.03. The zero-order chi connectivity index (χ0) is 22.8. The number of alkyl halides is 3. The molecule has 1 fully saturated rings. The summed E-state index contributed by atoms with van der Waals surface area (Å²) in [7, 11) is -1.53. The zero-order valence-corrected chi connectivity index (χ0v) is 17.8. The summed E-state index contributed by atoms with van der Waals surface area (Å²) in [5.74, 6) is -0.363. The van der Waals surface area contributed by atoms with E-state index in [1.807, 2.05) is 0 Å². The van der Waals surface area contributed by atoms with Gasteiger partial charge >= 0.3 is 12.1 Å². The number of hydrogen-bond acceptors (Lipinski definition) is 5. The number of nitrogens with zero attached hydrogens (tertiary/aromatic N) is 1. The first kappa shape index (κ1) is 23.2. The number of likely N-dealkylation sites (N-methyl/N-ethyl adjacent to an activating group) is 1. The van der Waals surface area contributed by atoms with Crippen LogP contribution in [0.15, 0.2) is 47.4 Å². The van der Waals surface area contributed by atoms with Crippen LogP contribution in [0.5, 0.6) is 0 Å². The van der Waals surface area contributed by atoms with Crippen LogP contribution in [-0.4, -0.2) is 52.1 Å². The van der Waals surface area contributed by atoms with Gasteiger partial charge < -0.3 is 9.47 Å². The van der Waals surface area contributed by atoms with E-state index in [0.717, 1.165) is 15.9 Å². The quantitative estimate of drug-likeness (QED) is 0.448. The molecule has 3 rings (SSSR count). The van der Waals surface area contributed by atoms with Crippen LogP contribution < -0.4 is 0 Å². The zero-order valence-electron chi connectivity index (χ0n) is 17.0. The Kier molecular flexibility index (Phi) is 6.73. The number of benzene rings is 2. The molecule has 1 unspecified atom stereocenters. The van der Waals surface area contributed by atoms with Gasteiger partial charge in [0.1, 0.15) is 0 Å². The highest BCUT2D eigenvalue weighted by molar-refractivity contribution is 7.89. The highest BCUT2D eigenvalue weighted by Gasteiger charge is 2.35. The highest BCUT2D eigenvalue weighted by atomic mass is 32.2. The number of carbonyl (C=O) groups is 1. The maximum atomic E-state index is 13.5. The van der Waals surface area contributed by atoms with Crippen LogP contribution in [-0.2, 0) is 36.9 Å². The number of carbonyl (C=O) groups excluding carboxylic acids is 1. The molecule has 0 amide bonds. The van der Waals surface area contributed by atoms with Crippen molar-refractivity contribution in [2.75, 3.05) is 27.3 Å². The molecule has 1 aliphatic heterocycles. The van der Waals surface area contributed by atoms with Gasteiger partial charge in [0.05, 0.1) is 30.3 Å². The summed E-state index contributed by atoms with van der Waals surface area (Å²) in [6.07, 6.45) is -4.34. The summed E-state index contributed by atoms with van der Waals surface area (Å²) in [4.78, 5) is 10.8. The van der Waals surface area contributed by atoms with E-state index in [1.165, 1.54) is 20.2 Å². The van der Waals surface area contributed by atoms with Gasteiger partial charge in [-0.15, -0.1) is 0 Å². The van der Waals surface area contributed by atoms with Gasteiger partial charge in [0.2, 0.25) is 10.0 Å². The first-order valence-electron chi connectivity index (χ1n) is 9.47. The molecule has 0 saturated carbocycles. The Morgan fingerprint density at radius 1 is 1.16 bits per heavy atom. The van der Waals surface area contributed by atoms with Crippen LogP contribution in [0.4, 0.5) is 13.2 Å². The molecule has 0 N–H and O–H groups in total. The summed E-state index contributed by atoms with van der Waals surface area (Å²) in [6.45, 7) is 0.499. The lowest BCUT2D eigenvalue weighted by atomic mass is 10.0. The second-order valence-electron chi connectivity index (χ2n) is 7.26. The summed E-state index contributed by atoms with van der Waals surface area (Å²) in [5, 5.41) is 0. The van der Waals surface area contributed by atoms with Crippen LogP contribution in [0.3, 0.4) is 0 Å². The normalized spacial score (nSPS) is 16.4. The van der Waals surface area contributed by atoms with Crippen molar-refractivity contribution in [3.05, 3.63) is 53.6 Å². The van der Waals surface area contributed by atoms with Crippen molar-refractivity contribution in [1.82, 2.24) is 4.31 Å². The van der Waals surface area contributed by atoms with Crippen molar-refractivity contribution in [1.29, 1.82) is 0 Å². The van der Waals surface area contributed by atoms with E-state index in [0.29, 0.717) is 24.7 Å². The molecule has 0 aliphatic carbocycles. The fraction of sp³-hybridized carbons (Fsp3) is 0.381. The molecule has 1 atom stereocenters. The maximum Gasteiger partial charge on any atom is 0.416 e. The topological polar surface area (TPSA) is 76.2 Å². The van der Waals surface area contributed by atoms with Crippen LogP contribution >= 0.6 is 0 Å². The molecule has 6 nitrogen and oxygen atoms in total. The van der Waals surface area contributed by atoms with Crippen LogP contribution in [0.25, 0.3) is 11.1 Å². The third-order valence-corrected chi connectivity index (χ3v) is 6.74. The third-order valence-electron chi connectivity index (χ3n) is 4.94. The first-order chi connectivity index (χ1) is 14.5. The molecule has 0 radical (unpaired) electrons. The average molecular weight is 457 g/mol. The standard InChI is InChI=1S/C21H22F3NO5S/c1-25(12-18-13-30-18)31(27,28)19-10-16(9-17(11-19)21(22,23)24)15-6-3-14(4-7-15)5-8-20(26)29-2/h3-4,6-7,9-11,18H,5,8,12-13H2,1-2H3. The average Bonchev–Trinajstić information content (AvgIpc) is 3.55. The summed E-state index contributed by atoms with van der Waals surface area (Å²) in [6, 6.07) is 9.37. The molecule has 2 aromatic carbocycles. The fourth-order valence-corrected chi connectivity index (χ4v) is 4.30. The smallest absolute Gasteiger partial charge is 0.416 e. The second-order valence-corrected chi connectivity index (χ2v) is 9.30. The van der Waals surface area contributed by atoms with Crippen molar-refractivity contribution < 1.29 is 35.9 Å². The van der Waals surface area contributed by atoms with Gasteiger partial charge in [-0.25, -0.2) is 8.42 Å². The first-order valence-corrected chi connectivity index (χ1v) is 10.9. The molecule has 1 aliphatic rings. The number of hydrogen-bond donors (Lipinski definition) is 0. The van der Waals surface area contributed by atoms with Crippen molar-refractivity contribution in [3.63, 3.8) is 0 Å². The SMILES string of the molecule is COC(=O)CCc1ccc(-c2cc(C(F)(F)F)cc(S(=O)(=O)N(C)CC3CO3)c2)cc1. The number of esters is 1. The molecule has 168 valence electrons. The molecular formula is C21H22F3NO5S. The molecule has 0 spiro atoms. The molecule has 1 saturated heterocycles. The van der Waals surface area contributed by atoms with Crippen molar-refractivity contribution >= 4 is 16.0 Å². The Morgan fingerprint density at radius 2 is 1.81 bits per heavy atom. The number of ether oxygens (including phenoxy) is 2.